The van der Waals surface area contributed by atoms with Crippen molar-refractivity contribution in [3.8, 4) is 0 Å². The number of aliphatic hydroxyl groups excluding tert-OH is 1. The maximum Gasteiger partial charge on any atom is 0.0644 e. The molecule has 1 aromatic heterocycles. The van der Waals surface area contributed by atoms with Crippen LogP contribution in [0.1, 0.15) is 37.8 Å². The number of aliphatic hydroxyl groups is 1. The van der Waals surface area contributed by atoms with Crippen LogP contribution < -0.4 is 5.32 Å². The van der Waals surface area contributed by atoms with Gasteiger partial charge in [-0.25, -0.2) is 0 Å². The van der Waals surface area contributed by atoms with Crippen LogP contribution in [0.3, 0.4) is 0 Å². The molecule has 0 bridgehead atoms. The molecule has 5 nitrogen and oxygen atoms in total. The maximum absolute atomic E-state index is 9.12. The highest BCUT2D eigenvalue weighted by molar-refractivity contribution is 5.85. The molecule has 0 aromatic carbocycles. The van der Waals surface area contributed by atoms with E-state index in [1.165, 1.54) is 51.1 Å². The Morgan fingerprint density at radius 2 is 2.18 bits per heavy atom. The van der Waals surface area contributed by atoms with Crippen LogP contribution in [0, 0.1) is 5.41 Å². The van der Waals surface area contributed by atoms with Gasteiger partial charge in [0.2, 0.25) is 0 Å². The van der Waals surface area contributed by atoms with Gasteiger partial charge >= 0.3 is 0 Å². The summed E-state index contributed by atoms with van der Waals surface area (Å²) >= 11 is 0. The molecule has 1 aromatic rings. The molecule has 1 atom stereocenters. The van der Waals surface area contributed by atoms with E-state index in [1.807, 2.05) is 10.9 Å². The molecule has 1 unspecified atom stereocenters. The van der Waals surface area contributed by atoms with Gasteiger partial charge in [0.1, 0.15) is 0 Å². The highest BCUT2D eigenvalue weighted by Crippen LogP contribution is 2.31. The minimum absolute atomic E-state index is 0. The van der Waals surface area contributed by atoms with E-state index in [0.29, 0.717) is 17.9 Å². The number of nitrogens with one attached hydrogen (secondary N) is 1. The van der Waals surface area contributed by atoms with E-state index >= 15 is 0 Å². The number of hydrogen-bond acceptors (Lipinski definition) is 4. The summed E-state index contributed by atoms with van der Waals surface area (Å²) in [6.07, 6.45) is 5.58. The highest BCUT2D eigenvalue weighted by atomic mass is 35.5. The molecule has 0 aliphatic carbocycles. The van der Waals surface area contributed by atoms with E-state index in [-0.39, 0.29) is 19.0 Å². The predicted octanol–water partition coefficient (Wildman–Crippen LogP) is 1.48. The second kappa shape index (κ2) is 7.77. The van der Waals surface area contributed by atoms with Crippen molar-refractivity contribution >= 4 is 12.4 Å². The van der Waals surface area contributed by atoms with Crippen LogP contribution in [-0.2, 0) is 6.54 Å². The van der Waals surface area contributed by atoms with Crippen LogP contribution in [-0.4, -0.2) is 59.1 Å². The lowest BCUT2D eigenvalue weighted by Gasteiger charge is -2.37. The topological polar surface area (TPSA) is 53.3 Å². The van der Waals surface area contributed by atoms with Gasteiger partial charge in [-0.15, -0.1) is 12.4 Å². The standard InChI is InChI=1S/C16H28N4O.ClH/c1-16(5-7-17-12-16)13-19-8-3-14(4-9-19)15-2-6-18-20(15)10-11-21;/h2,6,14,17,21H,3-5,7-13H2,1H3;1H. The molecule has 2 fully saturated rings. The first-order valence-corrected chi connectivity index (χ1v) is 8.26. The number of rotatable bonds is 5. The quantitative estimate of drug-likeness (QED) is 0.859. The van der Waals surface area contributed by atoms with E-state index in [2.05, 4.69) is 28.3 Å². The van der Waals surface area contributed by atoms with Crippen molar-refractivity contribution in [3.63, 3.8) is 0 Å². The minimum atomic E-state index is 0. The molecule has 0 saturated carbocycles. The Morgan fingerprint density at radius 1 is 1.41 bits per heavy atom. The van der Waals surface area contributed by atoms with Crippen LogP contribution in [0.15, 0.2) is 12.3 Å². The Labute approximate surface area is 139 Å². The van der Waals surface area contributed by atoms with Gasteiger partial charge in [0.15, 0.2) is 0 Å². The van der Waals surface area contributed by atoms with Crippen LogP contribution in [0.4, 0.5) is 0 Å². The smallest absolute Gasteiger partial charge is 0.0644 e. The molecule has 0 amide bonds. The lowest BCUT2D eigenvalue weighted by molar-refractivity contribution is 0.142. The van der Waals surface area contributed by atoms with E-state index in [9.17, 15) is 0 Å². The lowest BCUT2D eigenvalue weighted by Crippen LogP contribution is -2.41. The fourth-order valence-electron chi connectivity index (χ4n) is 3.90. The summed E-state index contributed by atoms with van der Waals surface area (Å²) in [5.41, 5.74) is 1.77. The van der Waals surface area contributed by atoms with Crippen molar-refractivity contribution in [2.45, 2.75) is 38.6 Å². The van der Waals surface area contributed by atoms with Crippen molar-refractivity contribution in [2.24, 2.45) is 5.41 Å². The molecule has 0 radical (unpaired) electrons. The molecule has 2 aliphatic rings. The summed E-state index contributed by atoms with van der Waals surface area (Å²) in [5, 5.41) is 16.9. The van der Waals surface area contributed by atoms with Crippen LogP contribution in [0.5, 0.6) is 0 Å². The third-order valence-corrected chi connectivity index (χ3v) is 5.13. The molecule has 2 saturated heterocycles. The Bertz CT molecular complexity index is 451. The first-order chi connectivity index (χ1) is 10.2. The fraction of sp³-hybridized carbons (Fsp3) is 0.812. The van der Waals surface area contributed by atoms with E-state index in [4.69, 9.17) is 5.11 Å². The summed E-state index contributed by atoms with van der Waals surface area (Å²) in [4.78, 5) is 2.64. The largest absolute Gasteiger partial charge is 0.394 e. The van der Waals surface area contributed by atoms with Crippen molar-refractivity contribution < 1.29 is 5.11 Å². The first-order valence-electron chi connectivity index (χ1n) is 8.26. The third kappa shape index (κ3) is 4.02. The molecule has 22 heavy (non-hydrogen) atoms. The average Bonchev–Trinajstić information content (AvgIpc) is 3.10. The molecule has 2 aliphatic heterocycles. The fourth-order valence-corrected chi connectivity index (χ4v) is 3.90. The molecule has 3 heterocycles. The summed E-state index contributed by atoms with van der Waals surface area (Å²) < 4.78 is 1.97. The lowest BCUT2D eigenvalue weighted by atomic mass is 9.87. The Kier molecular flexibility index (Phi) is 6.26. The molecule has 2 N–H and O–H groups in total. The molecule has 3 rings (SSSR count). The van der Waals surface area contributed by atoms with Gasteiger partial charge in [-0.2, -0.15) is 5.10 Å². The van der Waals surface area contributed by atoms with Gasteiger partial charge in [-0.1, -0.05) is 6.92 Å². The zero-order valence-corrected chi connectivity index (χ0v) is 14.3. The zero-order chi connectivity index (χ0) is 14.7. The molecular weight excluding hydrogens is 300 g/mol. The van der Waals surface area contributed by atoms with Gasteiger partial charge in [-0.05, 0) is 50.4 Å². The van der Waals surface area contributed by atoms with Crippen molar-refractivity contribution in [3.05, 3.63) is 18.0 Å². The van der Waals surface area contributed by atoms with Gasteiger partial charge < -0.3 is 15.3 Å². The minimum Gasteiger partial charge on any atom is -0.394 e. The first kappa shape index (κ1) is 17.7. The summed E-state index contributed by atoms with van der Waals surface area (Å²) in [7, 11) is 0. The normalized spacial score (nSPS) is 27.0. The van der Waals surface area contributed by atoms with Crippen LogP contribution in [0.25, 0.3) is 0 Å². The van der Waals surface area contributed by atoms with Gasteiger partial charge in [0.05, 0.1) is 13.2 Å². The van der Waals surface area contributed by atoms with Gasteiger partial charge in [-0.3, -0.25) is 4.68 Å². The van der Waals surface area contributed by atoms with E-state index in [1.54, 1.807) is 0 Å². The predicted molar refractivity (Wildman–Crippen MR) is 90.6 cm³/mol. The second-order valence-corrected chi connectivity index (χ2v) is 6.99. The van der Waals surface area contributed by atoms with Gasteiger partial charge in [0, 0.05) is 30.9 Å². The average molecular weight is 329 g/mol. The Hall–Kier alpha value is -0.620. The van der Waals surface area contributed by atoms with Crippen molar-refractivity contribution in [2.75, 3.05) is 39.3 Å². The monoisotopic (exact) mass is 328 g/mol. The van der Waals surface area contributed by atoms with Crippen molar-refractivity contribution in [1.82, 2.24) is 20.0 Å². The van der Waals surface area contributed by atoms with Crippen LogP contribution >= 0.6 is 12.4 Å². The molecule has 0 spiro atoms. The second-order valence-electron chi connectivity index (χ2n) is 6.99. The zero-order valence-electron chi connectivity index (χ0n) is 13.5. The number of piperidine rings is 1. The van der Waals surface area contributed by atoms with Crippen LogP contribution in [0.2, 0.25) is 0 Å². The van der Waals surface area contributed by atoms with E-state index < -0.39 is 0 Å². The van der Waals surface area contributed by atoms with Crippen molar-refractivity contribution in [1.29, 1.82) is 0 Å². The Morgan fingerprint density at radius 3 is 2.82 bits per heavy atom. The Balaban J connectivity index is 0.00000176. The summed E-state index contributed by atoms with van der Waals surface area (Å²) in [5.74, 6) is 0.602. The highest BCUT2D eigenvalue weighted by Gasteiger charge is 2.32. The molecule has 6 heteroatoms. The number of likely N-dealkylation sites (tertiary alicyclic amines) is 1. The maximum atomic E-state index is 9.12. The number of nitrogens with zero attached hydrogens (tertiary/aromatic N) is 3. The SMILES string of the molecule is CC1(CN2CCC(c3ccnn3CCO)CC2)CCNC1.Cl. The third-order valence-electron chi connectivity index (χ3n) is 5.13. The number of hydrogen-bond donors (Lipinski definition) is 2. The summed E-state index contributed by atoms with van der Waals surface area (Å²) in [6.45, 7) is 9.13. The number of aromatic nitrogens is 2. The summed E-state index contributed by atoms with van der Waals surface area (Å²) in [6, 6.07) is 2.12. The number of halogens is 1. The van der Waals surface area contributed by atoms with Gasteiger partial charge in [0.25, 0.3) is 0 Å². The van der Waals surface area contributed by atoms with E-state index in [0.717, 1.165) is 6.54 Å². The molecular formula is C16H29ClN4O. The molecule has 126 valence electrons.